The summed E-state index contributed by atoms with van der Waals surface area (Å²) in [6.07, 6.45) is 3.58. The normalized spacial score (nSPS) is 11.6. The van der Waals surface area contributed by atoms with Crippen LogP contribution in [0.25, 0.3) is 10.8 Å². The summed E-state index contributed by atoms with van der Waals surface area (Å²) < 4.78 is 1.69. The van der Waals surface area contributed by atoms with E-state index in [1.54, 1.807) is 10.8 Å². The van der Waals surface area contributed by atoms with Crippen LogP contribution in [0.1, 0.15) is 33.3 Å². The summed E-state index contributed by atoms with van der Waals surface area (Å²) in [5, 5.41) is 8.06. The molecule has 0 aliphatic carbocycles. The molecule has 0 fully saturated rings. The van der Waals surface area contributed by atoms with Gasteiger partial charge >= 0.3 is 0 Å². The van der Waals surface area contributed by atoms with Crippen molar-refractivity contribution in [1.29, 1.82) is 0 Å². The Balaban J connectivity index is 2.16. The quantitative estimate of drug-likeness (QED) is 0.741. The molecule has 0 aliphatic heterocycles. The van der Waals surface area contributed by atoms with Crippen LogP contribution in [-0.2, 0) is 6.54 Å². The number of hydrogen-bond donors (Lipinski definition) is 2. The minimum Gasteiger partial charge on any atom is -0.365 e. The summed E-state index contributed by atoms with van der Waals surface area (Å²) in [4.78, 5) is 21.8. The third kappa shape index (κ3) is 3.85. The number of rotatable bonds is 4. The highest BCUT2D eigenvalue weighted by molar-refractivity contribution is 5.93. The zero-order valence-corrected chi connectivity index (χ0v) is 15.9. The molecule has 0 aliphatic rings. The van der Waals surface area contributed by atoms with E-state index in [9.17, 15) is 4.79 Å². The molecule has 0 aromatic carbocycles. The predicted octanol–water partition coefficient (Wildman–Crippen LogP) is 4.07. The van der Waals surface area contributed by atoms with Gasteiger partial charge in [0.15, 0.2) is 0 Å². The Morgan fingerprint density at radius 1 is 1.15 bits per heavy atom. The summed E-state index contributed by atoms with van der Waals surface area (Å²) in [7, 11) is 0. The maximum absolute atomic E-state index is 12.8. The van der Waals surface area contributed by atoms with Gasteiger partial charge in [0, 0.05) is 24.5 Å². The summed E-state index contributed by atoms with van der Waals surface area (Å²) in [5.74, 6) is 1.95. The van der Waals surface area contributed by atoms with Gasteiger partial charge in [-0.05, 0) is 69.8 Å². The molecule has 0 unspecified atom stereocenters. The van der Waals surface area contributed by atoms with Gasteiger partial charge < -0.3 is 15.2 Å². The van der Waals surface area contributed by atoms with E-state index in [2.05, 4.69) is 20.6 Å². The highest BCUT2D eigenvalue weighted by Gasteiger charge is 2.17. The van der Waals surface area contributed by atoms with Gasteiger partial charge in [0.05, 0.1) is 5.39 Å². The minimum absolute atomic E-state index is 0.0375. The monoisotopic (exact) mass is 351 g/mol. The van der Waals surface area contributed by atoms with Gasteiger partial charge in [-0.3, -0.25) is 4.79 Å². The van der Waals surface area contributed by atoms with E-state index in [-0.39, 0.29) is 11.1 Å². The highest BCUT2D eigenvalue weighted by atomic mass is 16.1. The fraction of sp³-hybridized carbons (Fsp3) is 0.350. The van der Waals surface area contributed by atoms with Gasteiger partial charge in [-0.15, -0.1) is 0 Å². The van der Waals surface area contributed by atoms with E-state index >= 15 is 0 Å². The van der Waals surface area contributed by atoms with Crippen molar-refractivity contribution in [2.24, 2.45) is 0 Å². The molecule has 0 saturated heterocycles. The van der Waals surface area contributed by atoms with Crippen LogP contribution in [0.3, 0.4) is 0 Å². The first-order valence-corrected chi connectivity index (χ1v) is 8.79. The lowest BCUT2D eigenvalue weighted by Crippen LogP contribution is -2.29. The SMILES string of the molecule is CCn1ccc2cc(Nc3cc(C)ccn3)nc(NC(C)(C)C)c2c1=O. The number of nitrogens with one attached hydrogen (secondary N) is 2. The summed E-state index contributed by atoms with van der Waals surface area (Å²) in [6.45, 7) is 10.7. The molecule has 0 atom stereocenters. The van der Waals surface area contributed by atoms with Crippen LogP contribution in [0.15, 0.2) is 41.5 Å². The summed E-state index contributed by atoms with van der Waals surface area (Å²) in [6, 6.07) is 7.73. The standard InChI is InChI=1S/C20H25N5O/c1-6-25-10-8-14-12-16(22-15-11-13(2)7-9-21-15)23-18(17(14)19(25)26)24-20(3,4)5/h7-12H,6H2,1-5H3,(H2,21,22,23,24). The van der Waals surface area contributed by atoms with Gasteiger partial charge in [-0.1, -0.05) is 0 Å². The summed E-state index contributed by atoms with van der Waals surface area (Å²) in [5.41, 5.74) is 0.853. The molecule has 3 heterocycles. The molecular weight excluding hydrogens is 326 g/mol. The molecule has 0 bridgehead atoms. The fourth-order valence-electron chi connectivity index (χ4n) is 2.80. The van der Waals surface area contributed by atoms with Crippen molar-refractivity contribution in [3.05, 3.63) is 52.6 Å². The van der Waals surface area contributed by atoms with E-state index in [1.807, 2.05) is 65.1 Å². The number of anilines is 3. The van der Waals surface area contributed by atoms with Crippen molar-refractivity contribution >= 4 is 28.2 Å². The highest BCUT2D eigenvalue weighted by Crippen LogP contribution is 2.26. The third-order valence-electron chi connectivity index (χ3n) is 3.96. The predicted molar refractivity (Wildman–Crippen MR) is 107 cm³/mol. The van der Waals surface area contributed by atoms with Gasteiger partial charge in [0.1, 0.15) is 17.5 Å². The van der Waals surface area contributed by atoms with Crippen LogP contribution in [0, 0.1) is 6.92 Å². The second-order valence-corrected chi connectivity index (χ2v) is 7.45. The van der Waals surface area contributed by atoms with E-state index in [0.717, 1.165) is 16.8 Å². The lowest BCUT2D eigenvalue weighted by molar-refractivity contribution is 0.631. The first kappa shape index (κ1) is 17.9. The molecule has 0 saturated carbocycles. The zero-order chi connectivity index (χ0) is 18.9. The molecule has 3 aromatic heterocycles. The van der Waals surface area contributed by atoms with Gasteiger partial charge in [0.2, 0.25) is 0 Å². The topological polar surface area (TPSA) is 71.8 Å². The summed E-state index contributed by atoms with van der Waals surface area (Å²) >= 11 is 0. The van der Waals surface area contributed by atoms with Crippen molar-refractivity contribution in [3.8, 4) is 0 Å². The van der Waals surface area contributed by atoms with E-state index < -0.39 is 0 Å². The molecule has 6 nitrogen and oxygen atoms in total. The molecule has 26 heavy (non-hydrogen) atoms. The second kappa shape index (κ2) is 6.78. The van der Waals surface area contributed by atoms with Crippen LogP contribution >= 0.6 is 0 Å². The Hall–Kier alpha value is -2.89. The van der Waals surface area contributed by atoms with Gasteiger partial charge in [0.25, 0.3) is 5.56 Å². The Labute approximate surface area is 153 Å². The number of nitrogens with zero attached hydrogens (tertiary/aromatic N) is 3. The molecular formula is C20H25N5O. The molecule has 2 N–H and O–H groups in total. The minimum atomic E-state index is -0.223. The van der Waals surface area contributed by atoms with Crippen LogP contribution in [-0.4, -0.2) is 20.1 Å². The largest absolute Gasteiger partial charge is 0.365 e. The second-order valence-electron chi connectivity index (χ2n) is 7.45. The maximum Gasteiger partial charge on any atom is 0.262 e. The van der Waals surface area contributed by atoms with Crippen LogP contribution < -0.4 is 16.2 Å². The first-order valence-electron chi connectivity index (χ1n) is 8.79. The van der Waals surface area contributed by atoms with E-state index in [1.165, 1.54) is 0 Å². The molecule has 6 heteroatoms. The molecule has 0 radical (unpaired) electrons. The Bertz CT molecular complexity index is 1000. The van der Waals surface area contributed by atoms with Crippen molar-refractivity contribution in [1.82, 2.24) is 14.5 Å². The Kier molecular flexibility index (Phi) is 4.68. The lowest BCUT2D eigenvalue weighted by Gasteiger charge is -2.23. The van der Waals surface area contributed by atoms with Crippen molar-refractivity contribution in [2.45, 2.75) is 46.7 Å². The number of fused-ring (bicyclic) bond motifs is 1. The smallest absolute Gasteiger partial charge is 0.262 e. The molecule has 3 aromatic rings. The fourth-order valence-corrected chi connectivity index (χ4v) is 2.80. The third-order valence-corrected chi connectivity index (χ3v) is 3.96. The van der Waals surface area contributed by atoms with Crippen molar-refractivity contribution < 1.29 is 0 Å². The van der Waals surface area contributed by atoms with Crippen molar-refractivity contribution in [2.75, 3.05) is 10.6 Å². The molecule has 0 spiro atoms. The Morgan fingerprint density at radius 2 is 1.92 bits per heavy atom. The average Bonchev–Trinajstić information content (AvgIpc) is 2.53. The van der Waals surface area contributed by atoms with Gasteiger partial charge in [-0.25, -0.2) is 9.97 Å². The van der Waals surface area contributed by atoms with E-state index in [4.69, 9.17) is 0 Å². The Morgan fingerprint density at radius 3 is 2.58 bits per heavy atom. The molecule has 0 amide bonds. The van der Waals surface area contributed by atoms with Gasteiger partial charge in [-0.2, -0.15) is 0 Å². The number of hydrogen-bond acceptors (Lipinski definition) is 5. The zero-order valence-electron chi connectivity index (χ0n) is 15.9. The lowest BCUT2D eigenvalue weighted by atomic mass is 10.1. The van der Waals surface area contributed by atoms with Crippen LogP contribution in [0.5, 0.6) is 0 Å². The molecule has 3 rings (SSSR count). The van der Waals surface area contributed by atoms with Crippen LogP contribution in [0.4, 0.5) is 17.5 Å². The van der Waals surface area contributed by atoms with Crippen molar-refractivity contribution in [3.63, 3.8) is 0 Å². The number of aryl methyl sites for hydroxylation is 2. The van der Waals surface area contributed by atoms with E-state index in [0.29, 0.717) is 23.6 Å². The average molecular weight is 351 g/mol. The van der Waals surface area contributed by atoms with Crippen LogP contribution in [0.2, 0.25) is 0 Å². The first-order chi connectivity index (χ1) is 12.3. The number of aromatic nitrogens is 3. The molecule has 136 valence electrons. The maximum atomic E-state index is 12.8. The number of pyridine rings is 3.